The minimum atomic E-state index is 1.01. The molecule has 0 aliphatic rings. The minimum absolute atomic E-state index is 1.01. The van der Waals surface area contributed by atoms with Crippen molar-refractivity contribution in [3.63, 3.8) is 0 Å². The summed E-state index contributed by atoms with van der Waals surface area (Å²) in [6.45, 7) is 0. The molecule has 2 heteroatoms. The lowest BCUT2D eigenvalue weighted by Crippen LogP contribution is -1.88. The van der Waals surface area contributed by atoms with E-state index in [1.54, 1.807) is 0 Å². The molecule has 0 radical (unpaired) electrons. The molecule has 0 aliphatic carbocycles. The number of fused-ring (bicyclic) bond motifs is 6. The van der Waals surface area contributed by atoms with Gasteiger partial charge in [-0.1, -0.05) is 66.7 Å². The first kappa shape index (κ1) is 17.4. The number of aromatic nitrogens is 2. The van der Waals surface area contributed by atoms with Crippen LogP contribution < -0.4 is 0 Å². The molecule has 0 spiro atoms. The number of nitrogens with zero attached hydrogens (tertiary/aromatic N) is 2. The number of hydrogen-bond acceptors (Lipinski definition) is 2. The summed E-state index contributed by atoms with van der Waals surface area (Å²) in [5.41, 5.74) is 5.45. The number of para-hydroxylation sites is 1. The van der Waals surface area contributed by atoms with Crippen molar-refractivity contribution in [1.29, 1.82) is 0 Å². The van der Waals surface area contributed by atoms with Gasteiger partial charge < -0.3 is 0 Å². The average molecular weight is 406 g/mol. The van der Waals surface area contributed by atoms with Crippen LogP contribution in [0.15, 0.2) is 109 Å². The second-order valence-electron chi connectivity index (χ2n) is 8.33. The Labute approximate surface area is 184 Å². The standard InChI is InChI=1S/C30H18N2/c1-2-7-20-17-30-23(14-19(20)6-1)16-22-15-21(12-13-28(22)32-30)24-9-5-10-25-26-8-3-4-11-29(26)31-18-27(24)25/h1-18H. The SMILES string of the molecule is c1ccc2cc3nc4ccc(-c5cccc6c5cnc5ccccc56)cc4cc3cc2c1. The summed E-state index contributed by atoms with van der Waals surface area (Å²) in [4.78, 5) is 9.67. The molecule has 0 unspecified atom stereocenters. The molecule has 0 fully saturated rings. The molecule has 2 heterocycles. The highest BCUT2D eigenvalue weighted by Crippen LogP contribution is 2.34. The van der Waals surface area contributed by atoms with Crippen LogP contribution in [-0.4, -0.2) is 9.97 Å². The van der Waals surface area contributed by atoms with Crippen molar-refractivity contribution in [3.05, 3.63) is 109 Å². The van der Waals surface area contributed by atoms with E-state index in [1.165, 1.54) is 43.4 Å². The maximum atomic E-state index is 4.95. The number of benzene rings is 5. The predicted octanol–water partition coefficient (Wildman–Crippen LogP) is 7.91. The lowest BCUT2D eigenvalue weighted by Gasteiger charge is -2.10. The lowest BCUT2D eigenvalue weighted by molar-refractivity contribution is 1.44. The molecule has 32 heavy (non-hydrogen) atoms. The Hall–Kier alpha value is -4.30. The van der Waals surface area contributed by atoms with Gasteiger partial charge in [-0.3, -0.25) is 4.98 Å². The van der Waals surface area contributed by atoms with Gasteiger partial charge in [-0.05, 0) is 63.7 Å². The summed E-state index contributed by atoms with van der Waals surface area (Å²) in [5.74, 6) is 0. The highest BCUT2D eigenvalue weighted by molar-refractivity contribution is 6.11. The van der Waals surface area contributed by atoms with Crippen LogP contribution in [0, 0.1) is 0 Å². The van der Waals surface area contributed by atoms with E-state index in [0.29, 0.717) is 0 Å². The van der Waals surface area contributed by atoms with Crippen molar-refractivity contribution in [3.8, 4) is 11.1 Å². The molecular weight excluding hydrogens is 388 g/mol. The van der Waals surface area contributed by atoms with Crippen LogP contribution in [0.2, 0.25) is 0 Å². The van der Waals surface area contributed by atoms with E-state index >= 15 is 0 Å². The average Bonchev–Trinajstić information content (AvgIpc) is 2.85. The van der Waals surface area contributed by atoms with Gasteiger partial charge in [-0.25, -0.2) is 4.98 Å². The monoisotopic (exact) mass is 406 g/mol. The molecule has 0 saturated heterocycles. The third kappa shape index (κ3) is 2.60. The summed E-state index contributed by atoms with van der Waals surface area (Å²) in [6, 6.07) is 36.5. The third-order valence-electron chi connectivity index (χ3n) is 6.42. The zero-order valence-corrected chi connectivity index (χ0v) is 17.3. The van der Waals surface area contributed by atoms with Crippen LogP contribution in [0.5, 0.6) is 0 Å². The molecule has 0 atom stereocenters. The van der Waals surface area contributed by atoms with Gasteiger partial charge in [0.25, 0.3) is 0 Å². The van der Waals surface area contributed by atoms with E-state index in [9.17, 15) is 0 Å². The molecule has 7 rings (SSSR count). The highest BCUT2D eigenvalue weighted by Gasteiger charge is 2.09. The Kier molecular flexibility index (Phi) is 3.58. The van der Waals surface area contributed by atoms with Crippen molar-refractivity contribution in [2.24, 2.45) is 0 Å². The summed E-state index contributed by atoms with van der Waals surface area (Å²) in [7, 11) is 0. The molecule has 0 saturated carbocycles. The molecule has 2 aromatic heterocycles. The Balaban J connectivity index is 1.47. The zero-order chi connectivity index (χ0) is 21.1. The second kappa shape index (κ2) is 6.60. The van der Waals surface area contributed by atoms with Gasteiger partial charge in [0.2, 0.25) is 0 Å². The Bertz CT molecular complexity index is 1830. The first-order chi connectivity index (χ1) is 15.8. The first-order valence-corrected chi connectivity index (χ1v) is 10.8. The van der Waals surface area contributed by atoms with E-state index in [2.05, 4.69) is 97.1 Å². The quantitative estimate of drug-likeness (QED) is 0.204. The van der Waals surface area contributed by atoms with Crippen LogP contribution in [0.4, 0.5) is 0 Å². The number of pyridine rings is 2. The Morgan fingerprint density at radius 3 is 2.12 bits per heavy atom. The largest absolute Gasteiger partial charge is 0.256 e. The molecular formula is C30H18N2. The van der Waals surface area contributed by atoms with Gasteiger partial charge in [0.15, 0.2) is 0 Å². The Morgan fingerprint density at radius 1 is 0.438 bits per heavy atom. The normalized spacial score (nSPS) is 11.8. The molecule has 5 aromatic carbocycles. The predicted molar refractivity (Wildman–Crippen MR) is 135 cm³/mol. The maximum absolute atomic E-state index is 4.95. The molecule has 0 amide bonds. The van der Waals surface area contributed by atoms with Crippen molar-refractivity contribution in [1.82, 2.24) is 9.97 Å². The smallest absolute Gasteiger partial charge is 0.0716 e. The van der Waals surface area contributed by atoms with Gasteiger partial charge in [0.05, 0.1) is 16.6 Å². The molecule has 2 nitrogen and oxygen atoms in total. The van der Waals surface area contributed by atoms with Crippen molar-refractivity contribution in [2.75, 3.05) is 0 Å². The van der Waals surface area contributed by atoms with E-state index in [4.69, 9.17) is 9.97 Å². The maximum Gasteiger partial charge on any atom is 0.0716 e. The molecule has 148 valence electrons. The van der Waals surface area contributed by atoms with E-state index in [1.807, 2.05) is 12.3 Å². The molecule has 0 N–H and O–H groups in total. The number of rotatable bonds is 1. The summed E-state index contributed by atoms with van der Waals surface area (Å²) >= 11 is 0. The van der Waals surface area contributed by atoms with E-state index < -0.39 is 0 Å². The van der Waals surface area contributed by atoms with Crippen molar-refractivity contribution < 1.29 is 0 Å². The fraction of sp³-hybridized carbons (Fsp3) is 0. The van der Waals surface area contributed by atoms with Crippen molar-refractivity contribution in [2.45, 2.75) is 0 Å². The van der Waals surface area contributed by atoms with Gasteiger partial charge in [0.1, 0.15) is 0 Å². The third-order valence-corrected chi connectivity index (χ3v) is 6.42. The van der Waals surface area contributed by atoms with Gasteiger partial charge >= 0.3 is 0 Å². The van der Waals surface area contributed by atoms with Crippen LogP contribution in [0.3, 0.4) is 0 Å². The minimum Gasteiger partial charge on any atom is -0.256 e. The van der Waals surface area contributed by atoms with Gasteiger partial charge in [-0.2, -0.15) is 0 Å². The fourth-order valence-electron chi connectivity index (χ4n) is 4.83. The molecule has 0 aliphatic heterocycles. The second-order valence-corrected chi connectivity index (χ2v) is 8.33. The Morgan fingerprint density at radius 2 is 1.19 bits per heavy atom. The van der Waals surface area contributed by atoms with Crippen LogP contribution >= 0.6 is 0 Å². The van der Waals surface area contributed by atoms with Crippen LogP contribution in [-0.2, 0) is 0 Å². The zero-order valence-electron chi connectivity index (χ0n) is 17.3. The van der Waals surface area contributed by atoms with Gasteiger partial charge in [-0.15, -0.1) is 0 Å². The summed E-state index contributed by atoms with van der Waals surface area (Å²) in [6.07, 6.45) is 2.00. The summed E-state index contributed by atoms with van der Waals surface area (Å²) < 4.78 is 0. The van der Waals surface area contributed by atoms with E-state index in [0.717, 1.165) is 21.9 Å². The topological polar surface area (TPSA) is 25.8 Å². The van der Waals surface area contributed by atoms with E-state index in [-0.39, 0.29) is 0 Å². The molecule has 7 aromatic rings. The van der Waals surface area contributed by atoms with Gasteiger partial charge in [0, 0.05) is 27.7 Å². The fourth-order valence-corrected chi connectivity index (χ4v) is 4.83. The highest BCUT2D eigenvalue weighted by atomic mass is 14.7. The van der Waals surface area contributed by atoms with Crippen LogP contribution in [0.25, 0.3) is 65.4 Å². The lowest BCUT2D eigenvalue weighted by atomic mass is 9.96. The van der Waals surface area contributed by atoms with Crippen molar-refractivity contribution >= 4 is 54.3 Å². The first-order valence-electron chi connectivity index (χ1n) is 10.8. The molecule has 0 bridgehead atoms. The summed E-state index contributed by atoms with van der Waals surface area (Å²) in [5, 5.41) is 8.37. The number of hydrogen-bond donors (Lipinski definition) is 0. The van der Waals surface area contributed by atoms with Crippen LogP contribution in [0.1, 0.15) is 0 Å².